The Labute approximate surface area is 158 Å². The van der Waals surface area contributed by atoms with Gasteiger partial charge in [0.1, 0.15) is 0 Å². The second-order valence-electron chi connectivity index (χ2n) is 5.77. The van der Waals surface area contributed by atoms with Crippen LogP contribution in [0.1, 0.15) is 11.4 Å². The van der Waals surface area contributed by atoms with Crippen molar-refractivity contribution in [2.24, 2.45) is 7.05 Å². The summed E-state index contributed by atoms with van der Waals surface area (Å²) in [4.78, 5) is 31.2. The number of imidazole rings is 1. The van der Waals surface area contributed by atoms with Crippen LogP contribution < -0.4 is 10.7 Å². The molecule has 0 aliphatic carbocycles. The first-order chi connectivity index (χ1) is 12.3. The first-order valence-electron chi connectivity index (χ1n) is 7.78. The molecule has 2 aromatic heterocycles. The summed E-state index contributed by atoms with van der Waals surface area (Å²) in [5.74, 6) is -0.435. The normalized spacial score (nSPS) is 11.0. The Bertz CT molecular complexity index is 1040. The number of benzene rings is 1. The fourth-order valence-electron chi connectivity index (χ4n) is 2.47. The number of aromatic nitrogens is 3. The zero-order chi connectivity index (χ0) is 18.8. The van der Waals surface area contributed by atoms with E-state index in [-0.39, 0.29) is 24.0 Å². The standard InChI is InChI=1S/C17H17ClN4O3S/c1-9-5-14(23)16(25)13(22(9)2)7-19-15(24)8-26-17-20-11-4-3-10(18)6-12(11)21-17/h3-6,25H,7-8H2,1-2H3,(H,19,24)(H,20,21). The number of hydrogen-bond acceptors (Lipinski definition) is 5. The average molecular weight is 393 g/mol. The van der Waals surface area contributed by atoms with Crippen molar-refractivity contribution in [2.45, 2.75) is 18.6 Å². The molecule has 1 aromatic carbocycles. The largest absolute Gasteiger partial charge is 0.503 e. The topological polar surface area (TPSA) is 100 Å². The Morgan fingerprint density at radius 3 is 2.96 bits per heavy atom. The molecule has 7 nitrogen and oxygen atoms in total. The highest BCUT2D eigenvalue weighted by Crippen LogP contribution is 2.22. The van der Waals surface area contributed by atoms with Crippen molar-refractivity contribution in [3.8, 4) is 5.75 Å². The number of carbonyl (C=O) groups excluding carboxylic acids is 1. The van der Waals surface area contributed by atoms with Crippen LogP contribution in [0.4, 0.5) is 0 Å². The third-order valence-electron chi connectivity index (χ3n) is 4.00. The van der Waals surface area contributed by atoms with E-state index in [1.165, 1.54) is 17.8 Å². The van der Waals surface area contributed by atoms with Crippen molar-refractivity contribution >= 4 is 40.3 Å². The highest BCUT2D eigenvalue weighted by atomic mass is 35.5. The number of halogens is 1. The molecular weight excluding hydrogens is 376 g/mol. The first kappa shape index (κ1) is 18.3. The van der Waals surface area contributed by atoms with Crippen LogP contribution in [0.3, 0.4) is 0 Å². The maximum absolute atomic E-state index is 12.1. The Morgan fingerprint density at radius 1 is 1.42 bits per heavy atom. The van der Waals surface area contributed by atoms with Gasteiger partial charge in [-0.2, -0.15) is 0 Å². The highest BCUT2D eigenvalue weighted by molar-refractivity contribution is 7.99. The molecule has 3 rings (SSSR count). The van der Waals surface area contributed by atoms with Crippen LogP contribution in [-0.4, -0.2) is 31.3 Å². The minimum atomic E-state index is -0.458. The molecule has 136 valence electrons. The Balaban J connectivity index is 1.62. The number of pyridine rings is 1. The Hall–Kier alpha value is -2.45. The van der Waals surface area contributed by atoms with E-state index in [4.69, 9.17) is 11.6 Å². The van der Waals surface area contributed by atoms with Crippen molar-refractivity contribution < 1.29 is 9.90 Å². The lowest BCUT2D eigenvalue weighted by Gasteiger charge is -2.14. The Kier molecular flexibility index (Phi) is 5.24. The van der Waals surface area contributed by atoms with E-state index in [9.17, 15) is 14.7 Å². The number of carbonyl (C=O) groups is 1. The third-order valence-corrected chi connectivity index (χ3v) is 5.10. The van der Waals surface area contributed by atoms with Crippen LogP contribution >= 0.6 is 23.4 Å². The summed E-state index contributed by atoms with van der Waals surface area (Å²) >= 11 is 7.20. The van der Waals surface area contributed by atoms with E-state index < -0.39 is 5.43 Å². The zero-order valence-electron chi connectivity index (χ0n) is 14.2. The summed E-state index contributed by atoms with van der Waals surface area (Å²) in [5, 5.41) is 13.8. The molecule has 0 saturated carbocycles. The molecular formula is C17H17ClN4O3S. The summed E-state index contributed by atoms with van der Waals surface area (Å²) in [6.07, 6.45) is 0. The predicted octanol–water partition coefficient (Wildman–Crippen LogP) is 2.34. The molecule has 0 aliphatic rings. The Morgan fingerprint density at radius 2 is 2.19 bits per heavy atom. The predicted molar refractivity (Wildman–Crippen MR) is 102 cm³/mol. The summed E-state index contributed by atoms with van der Waals surface area (Å²) in [5.41, 5.74) is 2.19. The van der Waals surface area contributed by atoms with Gasteiger partial charge in [0.25, 0.3) is 0 Å². The van der Waals surface area contributed by atoms with Gasteiger partial charge in [-0.05, 0) is 25.1 Å². The molecule has 0 radical (unpaired) electrons. The van der Waals surface area contributed by atoms with Crippen LogP contribution in [0.15, 0.2) is 34.2 Å². The fourth-order valence-corrected chi connectivity index (χ4v) is 3.35. The number of H-pyrrole nitrogens is 1. The van der Waals surface area contributed by atoms with Crippen molar-refractivity contribution in [3.63, 3.8) is 0 Å². The van der Waals surface area contributed by atoms with Crippen LogP contribution in [0.25, 0.3) is 11.0 Å². The van der Waals surface area contributed by atoms with E-state index in [1.807, 2.05) is 0 Å². The van der Waals surface area contributed by atoms with Gasteiger partial charge in [0.15, 0.2) is 10.9 Å². The molecule has 0 fully saturated rings. The van der Waals surface area contributed by atoms with E-state index in [0.29, 0.717) is 21.6 Å². The molecule has 0 atom stereocenters. The maximum atomic E-state index is 12.1. The van der Waals surface area contributed by atoms with Gasteiger partial charge in [0.2, 0.25) is 11.3 Å². The number of amides is 1. The average Bonchev–Trinajstić information content (AvgIpc) is 3.00. The molecule has 0 bridgehead atoms. The first-order valence-corrected chi connectivity index (χ1v) is 9.14. The molecule has 0 aliphatic heterocycles. The lowest BCUT2D eigenvalue weighted by molar-refractivity contribution is -0.118. The van der Waals surface area contributed by atoms with E-state index >= 15 is 0 Å². The van der Waals surface area contributed by atoms with Crippen LogP contribution in [0.5, 0.6) is 5.75 Å². The van der Waals surface area contributed by atoms with Crippen LogP contribution in [0.2, 0.25) is 5.02 Å². The minimum absolute atomic E-state index is 0.0639. The number of rotatable bonds is 5. The number of nitrogens with zero attached hydrogens (tertiary/aromatic N) is 2. The third kappa shape index (κ3) is 3.86. The molecule has 1 amide bonds. The van der Waals surface area contributed by atoms with E-state index in [2.05, 4.69) is 15.3 Å². The van der Waals surface area contributed by atoms with Gasteiger partial charge < -0.3 is 20.0 Å². The minimum Gasteiger partial charge on any atom is -0.503 e. The number of nitrogens with one attached hydrogen (secondary N) is 2. The van der Waals surface area contributed by atoms with Crippen molar-refractivity contribution in [1.82, 2.24) is 19.9 Å². The number of aryl methyl sites for hydroxylation is 1. The van der Waals surface area contributed by atoms with Gasteiger partial charge in [-0.25, -0.2) is 4.98 Å². The number of aromatic amines is 1. The second-order valence-corrected chi connectivity index (χ2v) is 7.17. The summed E-state index contributed by atoms with van der Waals surface area (Å²) in [6, 6.07) is 6.68. The number of aromatic hydroxyl groups is 1. The van der Waals surface area contributed by atoms with E-state index in [0.717, 1.165) is 11.0 Å². The fraction of sp³-hybridized carbons (Fsp3) is 0.235. The monoisotopic (exact) mass is 392 g/mol. The lowest BCUT2D eigenvalue weighted by atomic mass is 10.2. The molecule has 3 aromatic rings. The van der Waals surface area contributed by atoms with Gasteiger partial charge in [0, 0.05) is 23.8 Å². The zero-order valence-corrected chi connectivity index (χ0v) is 15.7. The number of thioether (sulfide) groups is 1. The smallest absolute Gasteiger partial charge is 0.230 e. The molecule has 0 unspecified atom stereocenters. The van der Waals surface area contributed by atoms with Crippen LogP contribution in [0, 0.1) is 6.92 Å². The molecule has 26 heavy (non-hydrogen) atoms. The summed E-state index contributed by atoms with van der Waals surface area (Å²) < 4.78 is 1.67. The molecule has 2 heterocycles. The SMILES string of the molecule is Cc1cc(=O)c(O)c(CNC(=O)CSc2nc3ccc(Cl)cc3[nH]2)n1C. The summed E-state index contributed by atoms with van der Waals surface area (Å²) in [6.45, 7) is 1.82. The van der Waals surface area contributed by atoms with Crippen molar-refractivity contribution in [3.05, 3.63) is 50.9 Å². The van der Waals surface area contributed by atoms with Crippen molar-refractivity contribution in [2.75, 3.05) is 5.75 Å². The molecule has 0 spiro atoms. The number of hydrogen-bond donors (Lipinski definition) is 3. The highest BCUT2D eigenvalue weighted by Gasteiger charge is 2.13. The van der Waals surface area contributed by atoms with Crippen LogP contribution in [-0.2, 0) is 18.4 Å². The maximum Gasteiger partial charge on any atom is 0.230 e. The van der Waals surface area contributed by atoms with Crippen molar-refractivity contribution in [1.29, 1.82) is 0 Å². The molecule has 9 heteroatoms. The van der Waals surface area contributed by atoms with E-state index in [1.54, 1.807) is 36.7 Å². The number of fused-ring (bicyclic) bond motifs is 1. The van der Waals surface area contributed by atoms with Gasteiger partial charge >= 0.3 is 0 Å². The van der Waals surface area contributed by atoms with Gasteiger partial charge in [-0.3, -0.25) is 9.59 Å². The second kappa shape index (κ2) is 7.43. The van der Waals surface area contributed by atoms with Gasteiger partial charge in [0.05, 0.1) is 29.0 Å². The quantitative estimate of drug-likeness (QED) is 0.579. The molecule has 0 saturated heterocycles. The summed E-state index contributed by atoms with van der Waals surface area (Å²) in [7, 11) is 1.73. The lowest BCUT2D eigenvalue weighted by Crippen LogP contribution is -2.27. The van der Waals surface area contributed by atoms with Gasteiger partial charge in [-0.1, -0.05) is 23.4 Å². The van der Waals surface area contributed by atoms with Gasteiger partial charge in [-0.15, -0.1) is 0 Å². The molecule has 3 N–H and O–H groups in total.